The Morgan fingerprint density at radius 2 is 1.82 bits per heavy atom. The summed E-state index contributed by atoms with van der Waals surface area (Å²) in [7, 11) is 1.66. The average molecular weight is 458 g/mol. The van der Waals surface area contributed by atoms with Gasteiger partial charge in [-0.05, 0) is 67.5 Å². The number of benzene rings is 2. The molecule has 0 atom stereocenters. The van der Waals surface area contributed by atoms with Gasteiger partial charge in [0.1, 0.15) is 5.75 Å². The molecule has 1 aliphatic rings. The van der Waals surface area contributed by atoms with E-state index in [1.165, 1.54) is 4.68 Å². The maximum Gasteiger partial charge on any atom is 0.282 e. The van der Waals surface area contributed by atoms with Gasteiger partial charge in [-0.2, -0.15) is 9.78 Å². The largest absolute Gasteiger partial charge is 0.496 e. The fourth-order valence-corrected chi connectivity index (χ4v) is 4.57. The van der Waals surface area contributed by atoms with Crippen molar-refractivity contribution in [3.63, 3.8) is 0 Å². The van der Waals surface area contributed by atoms with Crippen molar-refractivity contribution in [1.29, 1.82) is 0 Å². The number of aliphatic hydroxyl groups is 1. The molecule has 1 aliphatic carbocycles. The van der Waals surface area contributed by atoms with Crippen LogP contribution in [0, 0.1) is 6.92 Å². The molecule has 174 valence electrons. The highest BCUT2D eigenvalue weighted by Gasteiger charge is 2.19. The van der Waals surface area contributed by atoms with Gasteiger partial charge >= 0.3 is 0 Å². The zero-order valence-corrected chi connectivity index (χ0v) is 19.2. The summed E-state index contributed by atoms with van der Waals surface area (Å²) in [6, 6.07) is 11.9. The lowest BCUT2D eigenvalue weighted by Gasteiger charge is -2.26. The van der Waals surface area contributed by atoms with E-state index in [1.54, 1.807) is 25.7 Å². The lowest BCUT2D eigenvalue weighted by atomic mass is 9.93. The number of aromatic nitrogens is 4. The van der Waals surface area contributed by atoms with E-state index in [4.69, 9.17) is 4.74 Å². The third kappa shape index (κ3) is 4.24. The summed E-state index contributed by atoms with van der Waals surface area (Å²) in [5.41, 5.74) is 3.59. The number of rotatable bonds is 5. The number of hydrogen-bond donors (Lipinski definition) is 2. The molecule has 2 heterocycles. The van der Waals surface area contributed by atoms with Crippen LogP contribution in [0.25, 0.3) is 27.8 Å². The molecule has 2 N–H and O–H groups in total. The molecule has 0 amide bonds. The second-order valence-electron chi connectivity index (χ2n) is 8.72. The molecule has 4 aromatic rings. The third-order valence-electron chi connectivity index (χ3n) is 6.50. The summed E-state index contributed by atoms with van der Waals surface area (Å²) in [6.07, 6.45) is 8.22. The lowest BCUT2D eigenvalue weighted by molar-refractivity contribution is 0.126. The number of hydrogen-bond acceptors (Lipinski definition) is 7. The number of fused-ring (bicyclic) bond motifs is 1. The van der Waals surface area contributed by atoms with Crippen LogP contribution in [0.1, 0.15) is 31.2 Å². The average Bonchev–Trinajstić information content (AvgIpc) is 2.86. The van der Waals surface area contributed by atoms with Gasteiger partial charge in [-0.25, -0.2) is 9.97 Å². The van der Waals surface area contributed by atoms with Crippen LogP contribution in [0.3, 0.4) is 0 Å². The zero-order chi connectivity index (χ0) is 23.7. The Labute approximate surface area is 197 Å². The maximum absolute atomic E-state index is 13.1. The van der Waals surface area contributed by atoms with E-state index in [9.17, 15) is 9.90 Å². The Kier molecular flexibility index (Phi) is 5.98. The van der Waals surface area contributed by atoms with Gasteiger partial charge in [-0.15, -0.1) is 0 Å². The first-order valence-electron chi connectivity index (χ1n) is 11.5. The van der Waals surface area contributed by atoms with Crippen molar-refractivity contribution in [2.75, 3.05) is 12.4 Å². The first-order valence-corrected chi connectivity index (χ1v) is 11.5. The van der Waals surface area contributed by atoms with Crippen LogP contribution in [-0.4, -0.2) is 44.1 Å². The monoisotopic (exact) mass is 457 g/mol. The highest BCUT2D eigenvalue weighted by atomic mass is 16.5. The quantitative estimate of drug-likeness (QED) is 0.469. The van der Waals surface area contributed by atoms with Crippen molar-refractivity contribution >= 4 is 16.5 Å². The molecule has 5 rings (SSSR count). The minimum Gasteiger partial charge on any atom is -0.496 e. The summed E-state index contributed by atoms with van der Waals surface area (Å²) in [5, 5.41) is 18.7. The summed E-state index contributed by atoms with van der Waals surface area (Å²) in [5.74, 6) is 1.05. The molecular formula is C26H27N5O3. The first-order chi connectivity index (χ1) is 16.5. The van der Waals surface area contributed by atoms with Crippen LogP contribution in [-0.2, 0) is 0 Å². The number of ether oxygens (including phenoxy) is 1. The van der Waals surface area contributed by atoms with Gasteiger partial charge < -0.3 is 15.2 Å². The van der Waals surface area contributed by atoms with E-state index in [1.807, 2.05) is 43.3 Å². The summed E-state index contributed by atoms with van der Waals surface area (Å²) in [4.78, 5) is 21.9. The smallest absolute Gasteiger partial charge is 0.282 e. The van der Waals surface area contributed by atoms with Crippen molar-refractivity contribution < 1.29 is 9.84 Å². The van der Waals surface area contributed by atoms with Gasteiger partial charge in [-0.1, -0.05) is 18.2 Å². The van der Waals surface area contributed by atoms with Crippen molar-refractivity contribution in [2.45, 2.75) is 44.8 Å². The first kappa shape index (κ1) is 22.0. The van der Waals surface area contributed by atoms with Crippen molar-refractivity contribution in [3.05, 3.63) is 70.9 Å². The molecule has 0 radical (unpaired) electrons. The van der Waals surface area contributed by atoms with Crippen molar-refractivity contribution in [2.24, 2.45) is 0 Å². The van der Waals surface area contributed by atoms with Crippen LogP contribution >= 0.6 is 0 Å². The maximum atomic E-state index is 13.1. The molecule has 1 fully saturated rings. The zero-order valence-electron chi connectivity index (χ0n) is 19.2. The molecule has 8 heteroatoms. The normalized spacial score (nSPS) is 18.1. The Hall–Kier alpha value is -3.78. The highest BCUT2D eigenvalue weighted by molar-refractivity contribution is 5.87. The molecule has 34 heavy (non-hydrogen) atoms. The minimum absolute atomic E-state index is 0.196. The number of methoxy groups -OCH3 is 1. The molecular weight excluding hydrogens is 430 g/mol. The van der Waals surface area contributed by atoms with Gasteiger partial charge in [0.05, 0.1) is 42.9 Å². The predicted octanol–water partition coefficient (Wildman–Crippen LogP) is 3.88. The molecule has 1 saturated carbocycles. The highest BCUT2D eigenvalue weighted by Crippen LogP contribution is 2.31. The van der Waals surface area contributed by atoms with E-state index in [2.05, 4.69) is 20.4 Å². The molecule has 0 spiro atoms. The van der Waals surface area contributed by atoms with E-state index in [-0.39, 0.29) is 17.6 Å². The molecule has 2 aromatic carbocycles. The summed E-state index contributed by atoms with van der Waals surface area (Å²) < 4.78 is 6.66. The van der Waals surface area contributed by atoms with Crippen LogP contribution in [0.5, 0.6) is 5.75 Å². The summed E-state index contributed by atoms with van der Waals surface area (Å²) in [6.45, 7) is 2.02. The standard InChI is InChI=1S/C26H27N5O3/c1-16-22(4-3-5-24(16)34-2)17-6-11-23-18(12-17)13-29-31(25(23)33)26-27-14-20(15-28-26)30-19-7-9-21(32)10-8-19/h3-6,11-15,19,21,30,32H,7-10H2,1-2H3. The Balaban J connectivity index is 1.41. The molecule has 8 nitrogen and oxygen atoms in total. The van der Waals surface area contributed by atoms with Crippen molar-refractivity contribution in [3.8, 4) is 22.8 Å². The fourth-order valence-electron chi connectivity index (χ4n) is 4.57. The Bertz CT molecular complexity index is 1380. The molecule has 0 unspecified atom stereocenters. The fraction of sp³-hybridized carbons (Fsp3) is 0.308. The topological polar surface area (TPSA) is 102 Å². The molecule has 0 aliphatic heterocycles. The number of nitrogens with one attached hydrogen (secondary N) is 1. The number of nitrogens with zero attached hydrogens (tertiary/aromatic N) is 4. The van der Waals surface area contributed by atoms with Gasteiger partial charge in [0.2, 0.25) is 0 Å². The number of aliphatic hydroxyl groups excluding tert-OH is 1. The summed E-state index contributed by atoms with van der Waals surface area (Å²) >= 11 is 0. The Morgan fingerprint density at radius 1 is 1.06 bits per heavy atom. The van der Waals surface area contributed by atoms with Crippen LogP contribution < -0.4 is 15.6 Å². The van der Waals surface area contributed by atoms with Crippen LogP contribution in [0.15, 0.2) is 59.8 Å². The third-order valence-corrected chi connectivity index (χ3v) is 6.50. The molecule has 0 bridgehead atoms. The van der Waals surface area contributed by atoms with Crippen LogP contribution in [0.4, 0.5) is 5.69 Å². The second kappa shape index (κ2) is 9.23. The molecule has 2 aromatic heterocycles. The van der Waals surface area contributed by atoms with Crippen molar-refractivity contribution in [1.82, 2.24) is 19.7 Å². The molecule has 0 saturated heterocycles. The predicted molar refractivity (Wildman–Crippen MR) is 132 cm³/mol. The van der Waals surface area contributed by atoms with Gasteiger partial charge in [0.15, 0.2) is 0 Å². The van der Waals surface area contributed by atoms with E-state index >= 15 is 0 Å². The number of anilines is 1. The second-order valence-corrected chi connectivity index (χ2v) is 8.72. The SMILES string of the molecule is COc1cccc(-c2ccc3c(=O)n(-c4ncc(NC5CCC(O)CC5)cn4)ncc3c2)c1C. The minimum atomic E-state index is -0.270. The Morgan fingerprint density at radius 3 is 2.56 bits per heavy atom. The van der Waals surface area contributed by atoms with E-state index in [0.29, 0.717) is 11.4 Å². The van der Waals surface area contributed by atoms with Gasteiger partial charge in [0.25, 0.3) is 11.5 Å². The van der Waals surface area contributed by atoms with E-state index < -0.39 is 0 Å². The van der Waals surface area contributed by atoms with Crippen LogP contribution in [0.2, 0.25) is 0 Å². The lowest BCUT2D eigenvalue weighted by Crippen LogP contribution is -2.28. The van der Waals surface area contributed by atoms with Gasteiger partial charge in [0, 0.05) is 11.4 Å². The van der Waals surface area contributed by atoms with E-state index in [0.717, 1.165) is 59.2 Å². The van der Waals surface area contributed by atoms with Gasteiger partial charge in [-0.3, -0.25) is 4.79 Å².